The minimum atomic E-state index is -1.16. The summed E-state index contributed by atoms with van der Waals surface area (Å²) in [6, 6.07) is 13.3. The van der Waals surface area contributed by atoms with E-state index in [9.17, 15) is 19.1 Å². The molecular formula is C31H31FN6O5. The van der Waals surface area contributed by atoms with Gasteiger partial charge in [0.05, 0.1) is 24.0 Å². The van der Waals surface area contributed by atoms with Gasteiger partial charge >= 0.3 is 12.0 Å². The number of anilines is 1. The number of halogens is 1. The average molecular weight is 587 g/mol. The lowest BCUT2D eigenvalue weighted by molar-refractivity contribution is -0.0506. The predicted octanol–water partition coefficient (Wildman–Crippen LogP) is 4.82. The molecular weight excluding hydrogens is 555 g/mol. The van der Waals surface area contributed by atoms with E-state index in [-0.39, 0.29) is 47.5 Å². The standard InChI is InChI=1S/C31H31FN6O5/c1-2-33-31(41)37-28-25-29(35-16-34-28)38(17-36-25)23-15-19(12-13-20-21(30(39)40)9-6-10-22(20)32)26-27(23)43-24(42-26)14-11-18-7-4-3-5-8-18/h3-11,14,16-17,19,23-24,26-27H,2,12-13,15H2,1H3,(H,39,40)(H2,33,34,35,37,41)/b14-11+/t19?,23?,24-,26?,27?/m0/s1. The number of carbonyl (C=O) groups is 2. The van der Waals surface area contributed by atoms with Crippen LogP contribution in [0.15, 0.2) is 67.3 Å². The maximum absolute atomic E-state index is 14.7. The molecule has 4 unspecified atom stereocenters. The molecule has 1 saturated heterocycles. The minimum Gasteiger partial charge on any atom is -0.478 e. The van der Waals surface area contributed by atoms with E-state index >= 15 is 0 Å². The lowest BCUT2D eigenvalue weighted by Gasteiger charge is -2.20. The van der Waals surface area contributed by atoms with Crippen molar-refractivity contribution < 1.29 is 28.6 Å². The number of ether oxygens (including phenoxy) is 2. The molecule has 3 heterocycles. The molecule has 0 spiro atoms. The van der Waals surface area contributed by atoms with Gasteiger partial charge in [-0.3, -0.25) is 5.32 Å². The quantitative estimate of drug-likeness (QED) is 0.254. The molecule has 5 atom stereocenters. The number of carboxylic acids is 1. The lowest BCUT2D eigenvalue weighted by Crippen LogP contribution is -2.28. The maximum Gasteiger partial charge on any atom is 0.336 e. The molecule has 12 heteroatoms. The molecule has 222 valence electrons. The number of nitrogens with one attached hydrogen (secondary N) is 2. The zero-order chi connectivity index (χ0) is 29.9. The first-order valence-corrected chi connectivity index (χ1v) is 14.2. The third-order valence-electron chi connectivity index (χ3n) is 7.94. The highest BCUT2D eigenvalue weighted by Gasteiger charge is 2.51. The number of carbonyl (C=O) groups excluding carboxylic acids is 1. The number of imidazole rings is 1. The number of carboxylic acid groups (broad SMARTS) is 1. The summed E-state index contributed by atoms with van der Waals surface area (Å²) in [6.45, 7) is 2.27. The van der Waals surface area contributed by atoms with Gasteiger partial charge in [-0.2, -0.15) is 0 Å². The van der Waals surface area contributed by atoms with Gasteiger partial charge in [0.1, 0.15) is 18.2 Å². The number of amides is 2. The molecule has 1 aliphatic carbocycles. The molecule has 2 fully saturated rings. The summed E-state index contributed by atoms with van der Waals surface area (Å²) in [5.74, 6) is -1.49. The number of aromatic carboxylic acids is 1. The van der Waals surface area contributed by atoms with E-state index in [4.69, 9.17) is 9.47 Å². The molecule has 1 aliphatic heterocycles. The number of nitrogens with zero attached hydrogens (tertiary/aromatic N) is 4. The van der Waals surface area contributed by atoms with Crippen LogP contribution in [0.1, 0.15) is 47.3 Å². The van der Waals surface area contributed by atoms with Crippen LogP contribution < -0.4 is 10.6 Å². The first kappa shape index (κ1) is 28.4. The summed E-state index contributed by atoms with van der Waals surface area (Å²) < 4.78 is 29.5. The second kappa shape index (κ2) is 12.3. The summed E-state index contributed by atoms with van der Waals surface area (Å²) in [5.41, 5.74) is 2.11. The second-order valence-electron chi connectivity index (χ2n) is 10.5. The number of fused-ring (bicyclic) bond motifs is 2. The highest BCUT2D eigenvalue weighted by atomic mass is 19.1. The zero-order valence-corrected chi connectivity index (χ0v) is 23.4. The number of hydrogen-bond donors (Lipinski definition) is 3. The largest absolute Gasteiger partial charge is 0.478 e. The van der Waals surface area contributed by atoms with Crippen molar-refractivity contribution in [2.45, 2.75) is 50.7 Å². The molecule has 1 saturated carbocycles. The summed E-state index contributed by atoms with van der Waals surface area (Å²) in [6.07, 6.45) is 6.84. The fraction of sp³-hybridized carbons (Fsp3) is 0.323. The SMILES string of the molecule is CCNC(=O)Nc1ncnc2c1ncn2C1CC(CCc2c(F)cccc2C(=O)O)C2O[C@H](/C=C/c3ccccc3)OC21. The molecule has 6 rings (SSSR count). The highest BCUT2D eigenvalue weighted by Crippen LogP contribution is 2.47. The highest BCUT2D eigenvalue weighted by molar-refractivity contribution is 5.95. The number of urea groups is 1. The number of rotatable bonds is 9. The summed E-state index contributed by atoms with van der Waals surface area (Å²) in [4.78, 5) is 37.1. The molecule has 2 aliphatic rings. The van der Waals surface area contributed by atoms with Crippen molar-refractivity contribution in [1.29, 1.82) is 0 Å². The number of benzene rings is 2. The van der Waals surface area contributed by atoms with Crippen molar-refractivity contribution in [3.05, 3.63) is 89.8 Å². The van der Waals surface area contributed by atoms with Crippen LogP contribution in [0.25, 0.3) is 17.2 Å². The molecule has 2 amide bonds. The fourth-order valence-corrected chi connectivity index (χ4v) is 6.00. The Morgan fingerprint density at radius 2 is 1.91 bits per heavy atom. The van der Waals surface area contributed by atoms with E-state index < -0.39 is 24.1 Å². The van der Waals surface area contributed by atoms with E-state index in [0.29, 0.717) is 30.6 Å². The van der Waals surface area contributed by atoms with E-state index in [2.05, 4.69) is 25.6 Å². The summed E-state index contributed by atoms with van der Waals surface area (Å²) >= 11 is 0. The molecule has 4 aromatic rings. The van der Waals surface area contributed by atoms with Gasteiger partial charge < -0.3 is 24.5 Å². The number of hydrogen-bond acceptors (Lipinski definition) is 7. The Labute approximate surface area is 246 Å². The normalized spacial score (nSPS) is 23.1. The van der Waals surface area contributed by atoms with Crippen LogP contribution in [-0.2, 0) is 15.9 Å². The molecule has 3 N–H and O–H groups in total. The van der Waals surface area contributed by atoms with Gasteiger partial charge in [-0.25, -0.2) is 28.9 Å². The van der Waals surface area contributed by atoms with E-state index in [1.807, 2.05) is 54.0 Å². The van der Waals surface area contributed by atoms with Gasteiger partial charge in [-0.05, 0) is 55.9 Å². The third kappa shape index (κ3) is 5.84. The van der Waals surface area contributed by atoms with Crippen molar-refractivity contribution in [2.24, 2.45) is 5.92 Å². The molecule has 11 nitrogen and oxygen atoms in total. The Balaban J connectivity index is 1.29. The Morgan fingerprint density at radius 3 is 2.70 bits per heavy atom. The first-order chi connectivity index (χ1) is 20.9. The zero-order valence-electron chi connectivity index (χ0n) is 23.4. The maximum atomic E-state index is 14.7. The van der Waals surface area contributed by atoms with Gasteiger partial charge in [0.15, 0.2) is 23.3 Å². The van der Waals surface area contributed by atoms with Crippen molar-refractivity contribution >= 4 is 35.1 Å². The van der Waals surface area contributed by atoms with Crippen LogP contribution in [0.2, 0.25) is 0 Å². The van der Waals surface area contributed by atoms with Crippen LogP contribution in [-0.4, -0.2) is 61.7 Å². The summed E-state index contributed by atoms with van der Waals surface area (Å²) in [7, 11) is 0. The van der Waals surface area contributed by atoms with Crippen molar-refractivity contribution in [3.63, 3.8) is 0 Å². The topological polar surface area (TPSA) is 140 Å². The first-order valence-electron chi connectivity index (χ1n) is 14.2. The molecule has 2 aromatic heterocycles. The molecule has 0 bridgehead atoms. The van der Waals surface area contributed by atoms with Crippen LogP contribution in [0.5, 0.6) is 0 Å². The molecule has 43 heavy (non-hydrogen) atoms. The monoisotopic (exact) mass is 586 g/mol. The van der Waals surface area contributed by atoms with E-state index in [1.165, 1.54) is 24.5 Å². The van der Waals surface area contributed by atoms with Gasteiger partial charge in [0.2, 0.25) is 0 Å². The third-order valence-corrected chi connectivity index (χ3v) is 7.94. The van der Waals surface area contributed by atoms with Crippen molar-refractivity contribution in [1.82, 2.24) is 24.8 Å². The number of aromatic nitrogens is 4. The van der Waals surface area contributed by atoms with Gasteiger partial charge in [0, 0.05) is 12.1 Å². The van der Waals surface area contributed by atoms with Crippen LogP contribution in [0.3, 0.4) is 0 Å². The van der Waals surface area contributed by atoms with Crippen LogP contribution in [0.4, 0.5) is 15.0 Å². The lowest BCUT2D eigenvalue weighted by atomic mass is 9.93. The fourth-order valence-electron chi connectivity index (χ4n) is 6.00. The minimum absolute atomic E-state index is 0.0391. The van der Waals surface area contributed by atoms with Gasteiger partial charge in [-0.15, -0.1) is 0 Å². The Kier molecular flexibility index (Phi) is 8.12. The molecule has 0 radical (unpaired) electrons. The molecule has 2 aromatic carbocycles. The van der Waals surface area contributed by atoms with E-state index in [0.717, 1.165) is 5.56 Å². The average Bonchev–Trinajstić information content (AvgIpc) is 3.70. The van der Waals surface area contributed by atoms with Gasteiger partial charge in [-0.1, -0.05) is 42.5 Å². The second-order valence-corrected chi connectivity index (χ2v) is 10.5. The van der Waals surface area contributed by atoms with Gasteiger partial charge in [0.25, 0.3) is 0 Å². The summed E-state index contributed by atoms with van der Waals surface area (Å²) in [5, 5.41) is 15.0. The Morgan fingerprint density at radius 1 is 1.09 bits per heavy atom. The van der Waals surface area contributed by atoms with Crippen molar-refractivity contribution in [3.8, 4) is 0 Å². The Hall–Kier alpha value is -4.68. The van der Waals surface area contributed by atoms with Crippen LogP contribution >= 0.6 is 0 Å². The smallest absolute Gasteiger partial charge is 0.336 e. The van der Waals surface area contributed by atoms with Crippen molar-refractivity contribution in [2.75, 3.05) is 11.9 Å². The van der Waals surface area contributed by atoms with E-state index in [1.54, 1.807) is 6.33 Å². The van der Waals surface area contributed by atoms with Crippen LogP contribution in [0, 0.1) is 11.7 Å². The predicted molar refractivity (Wildman–Crippen MR) is 156 cm³/mol. The Bertz CT molecular complexity index is 1660.